The van der Waals surface area contributed by atoms with Gasteiger partial charge in [-0.05, 0) is 30.2 Å². The summed E-state index contributed by atoms with van der Waals surface area (Å²) < 4.78 is 7.78. The molecule has 0 N–H and O–H groups in total. The smallest absolute Gasteiger partial charge is 0.229 e. The van der Waals surface area contributed by atoms with Crippen molar-refractivity contribution in [1.29, 1.82) is 0 Å². The highest BCUT2D eigenvalue weighted by Crippen LogP contribution is 2.45. The summed E-state index contributed by atoms with van der Waals surface area (Å²) in [6.45, 7) is 1.96. The van der Waals surface area contributed by atoms with Crippen LogP contribution < -0.4 is 0 Å². The number of benzene rings is 1. The lowest BCUT2D eigenvalue weighted by atomic mass is 9.74. The quantitative estimate of drug-likeness (QED) is 0.535. The minimum Gasteiger partial charge on any atom is -0.468 e. The van der Waals surface area contributed by atoms with Crippen molar-refractivity contribution in [2.45, 2.75) is 25.3 Å². The molecule has 0 unspecified atom stereocenters. The Hall–Kier alpha value is -2.56. The van der Waals surface area contributed by atoms with Crippen LogP contribution in [0.15, 0.2) is 47.1 Å². The molecule has 1 aliphatic rings. The summed E-state index contributed by atoms with van der Waals surface area (Å²) in [5, 5.41) is 12.9. The van der Waals surface area contributed by atoms with Gasteiger partial charge in [0.25, 0.3) is 0 Å². The van der Waals surface area contributed by atoms with Crippen LogP contribution in [-0.2, 0) is 13.5 Å². The molecular weight excluding hydrogens is 292 g/mol. The van der Waals surface area contributed by atoms with Crippen LogP contribution in [0.4, 0.5) is 0 Å². The number of furan rings is 1. The topological polar surface area (TPSA) is 61.2 Å². The molecule has 0 saturated heterocycles. The molecule has 0 spiro atoms. The van der Waals surface area contributed by atoms with E-state index in [4.69, 9.17) is 4.42 Å². The van der Waals surface area contributed by atoms with E-state index in [2.05, 4.69) is 16.7 Å². The largest absolute Gasteiger partial charge is 0.468 e. The number of para-hydroxylation sites is 1. The van der Waals surface area contributed by atoms with Crippen molar-refractivity contribution >= 4 is 10.9 Å². The number of hydrogen-bond acceptors (Lipinski definition) is 3. The predicted molar refractivity (Wildman–Crippen MR) is 87.1 cm³/mol. The van der Waals surface area contributed by atoms with Crippen LogP contribution >= 0.6 is 0 Å². The van der Waals surface area contributed by atoms with Gasteiger partial charge in [-0.25, -0.2) is 0 Å². The number of hydrogen-bond donors (Lipinski definition) is 0. The zero-order chi connectivity index (χ0) is 16.1. The van der Waals surface area contributed by atoms with E-state index in [1.54, 1.807) is 12.3 Å². The van der Waals surface area contributed by atoms with Crippen LogP contribution in [0.5, 0.6) is 0 Å². The summed E-state index contributed by atoms with van der Waals surface area (Å²) in [6, 6.07) is 11.1. The zero-order valence-electron chi connectivity index (χ0n) is 13.1. The van der Waals surface area contributed by atoms with Gasteiger partial charge in [0, 0.05) is 34.5 Å². The maximum Gasteiger partial charge on any atom is 0.229 e. The van der Waals surface area contributed by atoms with E-state index in [1.807, 2.05) is 32.2 Å². The second-order valence-corrected chi connectivity index (χ2v) is 6.39. The highest BCUT2D eigenvalue weighted by molar-refractivity contribution is 5.87. The average Bonchev–Trinajstić information content (AvgIpc) is 3.14. The molecule has 5 nitrogen and oxygen atoms in total. The van der Waals surface area contributed by atoms with Crippen molar-refractivity contribution in [2.75, 3.05) is 0 Å². The molecule has 0 bridgehead atoms. The first-order valence-electron chi connectivity index (χ1n) is 7.82. The fraction of sp³-hybridized carbons (Fsp3) is 0.333. The maximum atomic E-state index is 11.8. The fourth-order valence-corrected chi connectivity index (χ4v) is 4.10. The third-order valence-electron chi connectivity index (χ3n) is 5.12. The van der Waals surface area contributed by atoms with E-state index in [1.165, 1.54) is 5.69 Å². The summed E-state index contributed by atoms with van der Waals surface area (Å²) in [5.74, 6) is 0.288. The van der Waals surface area contributed by atoms with Gasteiger partial charge in [0.2, 0.25) is 6.04 Å². The number of aromatic nitrogens is 1. The standard InChI is InChI=1S/C18H18N2O3/c1-11-10-14-16(12-6-3-4-7-13(12)19(14)2)17(18(11)20(21)22)15-8-5-9-23-15/h3-9,11,17-18H,10H2,1-2H3/t11-,17+,18-/m0/s1. The third kappa shape index (κ3) is 1.92. The van der Waals surface area contributed by atoms with E-state index >= 15 is 0 Å². The molecule has 0 amide bonds. The third-order valence-corrected chi connectivity index (χ3v) is 5.12. The lowest BCUT2D eigenvalue weighted by molar-refractivity contribution is -0.535. The van der Waals surface area contributed by atoms with Crippen LogP contribution in [0.3, 0.4) is 0 Å². The van der Waals surface area contributed by atoms with Crippen LogP contribution in [0.2, 0.25) is 0 Å². The van der Waals surface area contributed by atoms with Gasteiger partial charge in [-0.3, -0.25) is 10.1 Å². The Morgan fingerprint density at radius 3 is 2.74 bits per heavy atom. The van der Waals surface area contributed by atoms with E-state index in [0.717, 1.165) is 16.5 Å². The zero-order valence-corrected chi connectivity index (χ0v) is 13.1. The monoisotopic (exact) mass is 310 g/mol. The first kappa shape index (κ1) is 14.1. The molecule has 0 saturated carbocycles. The Labute approximate surface area is 133 Å². The Kier molecular flexibility index (Phi) is 3.04. The Bertz CT molecular complexity index is 879. The minimum absolute atomic E-state index is 0.0457. The fourth-order valence-electron chi connectivity index (χ4n) is 4.10. The van der Waals surface area contributed by atoms with Gasteiger partial charge >= 0.3 is 0 Å². The van der Waals surface area contributed by atoms with Crippen molar-refractivity contribution < 1.29 is 9.34 Å². The summed E-state index contributed by atoms with van der Waals surface area (Å²) in [4.78, 5) is 11.6. The molecule has 5 heteroatoms. The molecule has 3 atom stereocenters. The molecule has 3 aromatic rings. The first-order chi connectivity index (χ1) is 11.1. The lowest BCUT2D eigenvalue weighted by Crippen LogP contribution is -2.39. The van der Waals surface area contributed by atoms with Crippen LogP contribution in [0.25, 0.3) is 10.9 Å². The van der Waals surface area contributed by atoms with E-state index in [0.29, 0.717) is 12.2 Å². The molecule has 2 aromatic heterocycles. The molecule has 1 aromatic carbocycles. The normalized spacial score (nSPS) is 23.8. The molecular formula is C18H18N2O3. The molecule has 1 aliphatic carbocycles. The number of fused-ring (bicyclic) bond motifs is 3. The Morgan fingerprint density at radius 1 is 1.26 bits per heavy atom. The second-order valence-electron chi connectivity index (χ2n) is 6.39. The number of aryl methyl sites for hydroxylation is 1. The molecule has 118 valence electrons. The van der Waals surface area contributed by atoms with Crippen LogP contribution in [-0.4, -0.2) is 15.5 Å². The molecule has 0 radical (unpaired) electrons. The van der Waals surface area contributed by atoms with Gasteiger partial charge in [-0.1, -0.05) is 25.1 Å². The van der Waals surface area contributed by atoms with Crippen molar-refractivity contribution in [1.82, 2.24) is 4.57 Å². The summed E-state index contributed by atoms with van der Waals surface area (Å²) in [7, 11) is 2.04. The molecule has 4 rings (SSSR count). The maximum absolute atomic E-state index is 11.8. The van der Waals surface area contributed by atoms with Crippen molar-refractivity contribution in [3.05, 3.63) is 69.8 Å². The van der Waals surface area contributed by atoms with Crippen molar-refractivity contribution in [3.63, 3.8) is 0 Å². The van der Waals surface area contributed by atoms with Gasteiger partial charge in [-0.15, -0.1) is 0 Å². The van der Waals surface area contributed by atoms with Crippen molar-refractivity contribution in [3.8, 4) is 0 Å². The van der Waals surface area contributed by atoms with E-state index < -0.39 is 6.04 Å². The number of rotatable bonds is 2. The van der Waals surface area contributed by atoms with Gasteiger partial charge in [0.15, 0.2) is 0 Å². The van der Waals surface area contributed by atoms with Crippen LogP contribution in [0.1, 0.15) is 29.9 Å². The second kappa shape index (κ2) is 4.98. The van der Waals surface area contributed by atoms with E-state index in [-0.39, 0.29) is 16.8 Å². The van der Waals surface area contributed by atoms with Gasteiger partial charge in [0.05, 0.1) is 6.26 Å². The molecule has 23 heavy (non-hydrogen) atoms. The molecule has 0 fully saturated rings. The van der Waals surface area contributed by atoms with Gasteiger partial charge in [0.1, 0.15) is 11.7 Å². The predicted octanol–water partition coefficient (Wildman–Crippen LogP) is 3.74. The van der Waals surface area contributed by atoms with Gasteiger partial charge < -0.3 is 8.98 Å². The molecule has 0 aliphatic heterocycles. The van der Waals surface area contributed by atoms with Crippen molar-refractivity contribution in [2.24, 2.45) is 13.0 Å². The summed E-state index contributed by atoms with van der Waals surface area (Å²) in [6.07, 6.45) is 2.31. The highest BCUT2D eigenvalue weighted by atomic mass is 16.6. The summed E-state index contributed by atoms with van der Waals surface area (Å²) >= 11 is 0. The SMILES string of the molecule is C[C@H]1Cc2c(c3ccccc3n2C)[C@@H](c2ccco2)[C@H]1[N+](=O)[O-]. The molecule has 2 heterocycles. The minimum atomic E-state index is -0.667. The van der Waals surface area contributed by atoms with E-state index in [9.17, 15) is 10.1 Å². The lowest BCUT2D eigenvalue weighted by Gasteiger charge is -2.30. The Balaban J connectivity index is 2.05. The first-order valence-corrected chi connectivity index (χ1v) is 7.82. The number of nitro groups is 1. The Morgan fingerprint density at radius 2 is 2.04 bits per heavy atom. The number of nitrogens with zero attached hydrogens (tertiary/aromatic N) is 2. The average molecular weight is 310 g/mol. The summed E-state index contributed by atoms with van der Waals surface area (Å²) in [5.41, 5.74) is 3.35. The van der Waals surface area contributed by atoms with Gasteiger partial charge in [-0.2, -0.15) is 0 Å². The van der Waals surface area contributed by atoms with Crippen LogP contribution in [0, 0.1) is 16.0 Å². The highest BCUT2D eigenvalue weighted by Gasteiger charge is 2.47.